The van der Waals surface area contributed by atoms with Gasteiger partial charge in [-0.3, -0.25) is 9.20 Å². The van der Waals surface area contributed by atoms with Crippen molar-refractivity contribution in [3.63, 3.8) is 0 Å². The number of aryl methyl sites for hydroxylation is 1. The zero-order valence-corrected chi connectivity index (χ0v) is 32.7. The molecule has 0 fully saturated rings. The minimum Gasteiger partial charge on any atom is -0.478 e. The smallest absolute Gasteiger partial charge is 0.407 e. The quantitative estimate of drug-likeness (QED) is 0.0769. The SMILES string of the molecule is CCc1cc(Nc2nccn3c(-c4ccc(OCC#CCOCCNC(=O)OC(C)(C)C)c(F)c4F)cnc23)ccc1C(=O)NCCCNC(=O)OC(C)(C)C. The van der Waals surface area contributed by atoms with Gasteiger partial charge in [-0.25, -0.2) is 23.9 Å². The van der Waals surface area contributed by atoms with Gasteiger partial charge in [-0.1, -0.05) is 18.8 Å². The number of imidazole rings is 1. The monoisotopic (exact) mass is 777 g/mol. The van der Waals surface area contributed by atoms with E-state index in [0.717, 1.165) is 5.56 Å². The minimum absolute atomic E-state index is 0.0387. The van der Waals surface area contributed by atoms with E-state index >= 15 is 8.78 Å². The first kappa shape index (κ1) is 42.8. The summed E-state index contributed by atoms with van der Waals surface area (Å²) in [6.45, 7) is 13.6. The molecule has 4 N–H and O–H groups in total. The molecule has 0 aliphatic heterocycles. The van der Waals surface area contributed by atoms with Gasteiger partial charge in [0.2, 0.25) is 5.82 Å². The number of nitrogens with one attached hydrogen (secondary N) is 4. The molecule has 0 unspecified atom stereocenters. The second kappa shape index (κ2) is 19.6. The van der Waals surface area contributed by atoms with E-state index in [1.807, 2.05) is 13.0 Å². The van der Waals surface area contributed by atoms with Crippen molar-refractivity contribution in [2.24, 2.45) is 0 Å². The van der Waals surface area contributed by atoms with Gasteiger partial charge in [0.1, 0.15) is 24.4 Å². The van der Waals surface area contributed by atoms with Crippen molar-refractivity contribution in [2.45, 2.75) is 72.5 Å². The number of amides is 3. The summed E-state index contributed by atoms with van der Waals surface area (Å²) in [5, 5.41) is 11.3. The van der Waals surface area contributed by atoms with Crippen molar-refractivity contribution < 1.29 is 42.1 Å². The average molecular weight is 778 g/mol. The van der Waals surface area contributed by atoms with Crippen molar-refractivity contribution in [1.82, 2.24) is 30.3 Å². The van der Waals surface area contributed by atoms with Gasteiger partial charge in [0.15, 0.2) is 23.0 Å². The summed E-state index contributed by atoms with van der Waals surface area (Å²) < 4.78 is 53.1. The van der Waals surface area contributed by atoms with E-state index in [1.165, 1.54) is 24.5 Å². The Labute approximate surface area is 325 Å². The summed E-state index contributed by atoms with van der Waals surface area (Å²) in [5.74, 6) is 2.91. The Hall–Kier alpha value is -5.95. The van der Waals surface area contributed by atoms with Gasteiger partial charge in [-0.2, -0.15) is 4.39 Å². The van der Waals surface area contributed by atoms with Crippen LogP contribution >= 0.6 is 0 Å². The fraction of sp³-hybridized carbons (Fsp3) is 0.425. The molecule has 14 nitrogen and oxygen atoms in total. The Morgan fingerprint density at radius 3 is 2.21 bits per heavy atom. The number of carbonyl (C=O) groups excluding carboxylic acids is 3. The Bertz CT molecular complexity index is 2060. The largest absolute Gasteiger partial charge is 0.478 e. The maximum absolute atomic E-state index is 15.4. The Balaban J connectivity index is 1.32. The van der Waals surface area contributed by atoms with Crippen LogP contribution in [0.3, 0.4) is 0 Å². The molecule has 2 aromatic heterocycles. The molecule has 3 amide bonds. The number of ether oxygens (including phenoxy) is 4. The summed E-state index contributed by atoms with van der Waals surface area (Å²) in [6, 6.07) is 8.01. The van der Waals surface area contributed by atoms with Crippen molar-refractivity contribution in [3.05, 3.63) is 71.7 Å². The van der Waals surface area contributed by atoms with Gasteiger partial charge in [-0.15, -0.1) is 0 Å². The normalized spacial score (nSPS) is 11.3. The van der Waals surface area contributed by atoms with E-state index in [4.69, 9.17) is 18.9 Å². The van der Waals surface area contributed by atoms with Gasteiger partial charge >= 0.3 is 12.2 Å². The first-order valence-electron chi connectivity index (χ1n) is 18.1. The molecule has 300 valence electrons. The number of anilines is 2. The first-order valence-corrected chi connectivity index (χ1v) is 18.1. The number of aromatic nitrogens is 3. The van der Waals surface area contributed by atoms with Crippen molar-refractivity contribution in [1.29, 1.82) is 0 Å². The zero-order chi connectivity index (χ0) is 40.9. The van der Waals surface area contributed by atoms with Gasteiger partial charge in [-0.05, 0) is 90.3 Å². The lowest BCUT2D eigenvalue weighted by molar-refractivity contribution is 0.0502. The van der Waals surface area contributed by atoms with E-state index < -0.39 is 35.0 Å². The van der Waals surface area contributed by atoms with E-state index in [-0.39, 0.29) is 49.3 Å². The van der Waals surface area contributed by atoms with Crippen LogP contribution in [-0.2, 0) is 20.6 Å². The van der Waals surface area contributed by atoms with Gasteiger partial charge in [0.25, 0.3) is 5.91 Å². The molecule has 2 heterocycles. The minimum atomic E-state index is -1.18. The number of nitrogens with zero attached hydrogens (tertiary/aromatic N) is 3. The molecule has 4 aromatic rings. The summed E-state index contributed by atoms with van der Waals surface area (Å²) in [5.41, 5.74) is 1.37. The molecule has 4 rings (SSSR count). The number of carbonyl (C=O) groups is 3. The Morgan fingerprint density at radius 1 is 0.839 bits per heavy atom. The number of benzene rings is 2. The number of rotatable bonds is 15. The molecule has 0 atom stereocenters. The maximum atomic E-state index is 15.4. The average Bonchev–Trinajstić information content (AvgIpc) is 3.55. The van der Waals surface area contributed by atoms with Crippen LogP contribution in [0.25, 0.3) is 16.9 Å². The molecular weight excluding hydrogens is 728 g/mol. The molecule has 16 heteroatoms. The molecule has 0 saturated heterocycles. The van der Waals surface area contributed by atoms with Crippen LogP contribution in [0.5, 0.6) is 5.75 Å². The Morgan fingerprint density at radius 2 is 1.52 bits per heavy atom. The van der Waals surface area contributed by atoms with Crippen molar-refractivity contribution in [3.8, 4) is 28.8 Å². The summed E-state index contributed by atoms with van der Waals surface area (Å²) in [6.07, 6.45) is 4.56. The van der Waals surface area contributed by atoms with E-state index in [9.17, 15) is 14.4 Å². The van der Waals surface area contributed by atoms with Crippen LogP contribution in [0, 0.1) is 23.5 Å². The van der Waals surface area contributed by atoms with Crippen LogP contribution in [0.1, 0.15) is 70.8 Å². The third-order valence-corrected chi connectivity index (χ3v) is 7.57. The molecule has 0 saturated carbocycles. The highest BCUT2D eigenvalue weighted by Gasteiger charge is 2.21. The lowest BCUT2D eigenvalue weighted by atomic mass is 10.0. The highest BCUT2D eigenvalue weighted by Crippen LogP contribution is 2.32. The number of hydrogen-bond donors (Lipinski definition) is 4. The molecule has 0 aliphatic carbocycles. The third-order valence-electron chi connectivity index (χ3n) is 7.57. The van der Waals surface area contributed by atoms with Crippen molar-refractivity contribution >= 4 is 35.2 Å². The third kappa shape index (κ3) is 12.8. The van der Waals surface area contributed by atoms with E-state index in [0.29, 0.717) is 48.6 Å². The van der Waals surface area contributed by atoms with Crippen LogP contribution in [0.15, 0.2) is 48.9 Å². The number of fused-ring (bicyclic) bond motifs is 1. The molecular formula is C40H49F2N7O7. The second-order valence-electron chi connectivity index (χ2n) is 14.4. The molecule has 0 radical (unpaired) electrons. The number of halogens is 2. The maximum Gasteiger partial charge on any atom is 0.407 e. The van der Waals surface area contributed by atoms with Gasteiger partial charge in [0.05, 0.1) is 18.5 Å². The van der Waals surface area contributed by atoms with Gasteiger partial charge < -0.3 is 40.2 Å². The second-order valence-corrected chi connectivity index (χ2v) is 14.4. The van der Waals surface area contributed by atoms with Crippen LogP contribution in [0.4, 0.5) is 29.9 Å². The molecule has 0 aliphatic rings. The summed E-state index contributed by atoms with van der Waals surface area (Å²) >= 11 is 0. The summed E-state index contributed by atoms with van der Waals surface area (Å²) in [7, 11) is 0. The topological polar surface area (TPSA) is 166 Å². The fourth-order valence-electron chi connectivity index (χ4n) is 5.14. The predicted octanol–water partition coefficient (Wildman–Crippen LogP) is 6.55. The van der Waals surface area contributed by atoms with E-state index in [1.54, 1.807) is 64.3 Å². The highest BCUT2D eigenvalue weighted by atomic mass is 19.2. The highest BCUT2D eigenvalue weighted by molar-refractivity contribution is 5.96. The van der Waals surface area contributed by atoms with Crippen molar-refractivity contribution in [2.75, 3.05) is 44.8 Å². The predicted molar refractivity (Wildman–Crippen MR) is 207 cm³/mol. The fourth-order valence-corrected chi connectivity index (χ4v) is 5.14. The lowest BCUT2D eigenvalue weighted by Crippen LogP contribution is -2.34. The molecule has 2 aromatic carbocycles. The summed E-state index contributed by atoms with van der Waals surface area (Å²) in [4.78, 5) is 45.3. The lowest BCUT2D eigenvalue weighted by Gasteiger charge is -2.19. The Kier molecular flexibility index (Phi) is 15.0. The molecule has 0 spiro atoms. The van der Waals surface area contributed by atoms with Crippen LogP contribution in [0.2, 0.25) is 0 Å². The standard InChI is InChI=1S/C40H49F2N7O7/c1-8-26-24-27(12-13-28(26)36(50)44-16-11-17-45-37(51)55-39(2,3)4)48-34-35-47-25-30(49(35)20-18-43-34)29-14-15-31(33(42)32(29)41)54-22-10-9-21-53-23-19-46-38(52)56-40(5,6)7/h12-15,18,20,24-25H,8,11,16-17,19,21-23H2,1-7H3,(H,43,48)(H,44,50)(H,45,51)(H,46,52). The van der Waals surface area contributed by atoms with Crippen LogP contribution < -0.4 is 26.0 Å². The van der Waals surface area contributed by atoms with E-state index in [2.05, 4.69) is 43.1 Å². The molecule has 0 bridgehead atoms. The van der Waals surface area contributed by atoms with Crippen LogP contribution in [-0.4, -0.2) is 83.1 Å². The molecule has 56 heavy (non-hydrogen) atoms. The zero-order valence-electron chi connectivity index (χ0n) is 32.7. The first-order chi connectivity index (χ1) is 26.6. The number of alkyl carbamates (subject to hydrolysis) is 2. The van der Waals surface area contributed by atoms with Gasteiger partial charge in [0, 0.05) is 48.8 Å². The number of hydrogen-bond acceptors (Lipinski definition) is 10.